The van der Waals surface area contributed by atoms with Gasteiger partial charge in [-0.25, -0.2) is 8.42 Å². The highest BCUT2D eigenvalue weighted by molar-refractivity contribution is 7.92. The quantitative estimate of drug-likeness (QED) is 0.283. The molecular formula is C34H43N3O4S. The number of carbonyl (C=O) groups is 2. The second-order valence-electron chi connectivity index (χ2n) is 11.4. The van der Waals surface area contributed by atoms with E-state index in [1.807, 2.05) is 86.6 Å². The van der Waals surface area contributed by atoms with Gasteiger partial charge in [-0.15, -0.1) is 0 Å². The molecule has 7 nitrogen and oxygen atoms in total. The summed E-state index contributed by atoms with van der Waals surface area (Å²) in [7, 11) is -3.55. The molecule has 0 saturated heterocycles. The summed E-state index contributed by atoms with van der Waals surface area (Å²) in [6.45, 7) is 4.40. The number of aryl methyl sites for hydroxylation is 2. The molecule has 3 aromatic carbocycles. The second-order valence-corrected chi connectivity index (χ2v) is 13.3. The van der Waals surface area contributed by atoms with Gasteiger partial charge in [-0.05, 0) is 67.5 Å². The minimum Gasteiger partial charge on any atom is -0.352 e. The van der Waals surface area contributed by atoms with Crippen molar-refractivity contribution in [3.63, 3.8) is 0 Å². The molecule has 4 rings (SSSR count). The van der Waals surface area contributed by atoms with E-state index in [9.17, 15) is 18.0 Å². The van der Waals surface area contributed by atoms with E-state index in [1.165, 1.54) is 10.6 Å². The van der Waals surface area contributed by atoms with E-state index < -0.39 is 16.1 Å². The lowest BCUT2D eigenvalue weighted by Crippen LogP contribution is -2.52. The standard InChI is InChI=1S/C34H43N3O4S/c1-26-13-11-20-31(23-26)37(42(3,40)41)22-12-21-33(38)36(25-29-17-8-7-14-27(29)2)32(24-28-15-5-4-6-16-28)34(39)35-30-18-9-10-19-30/h4-8,11,13-17,20,23,30,32H,9-10,12,18-19,21-22,24-25H2,1-3H3,(H,35,39). The molecule has 8 heteroatoms. The summed E-state index contributed by atoms with van der Waals surface area (Å²) in [5.74, 6) is -0.302. The van der Waals surface area contributed by atoms with Crippen molar-refractivity contribution in [2.24, 2.45) is 0 Å². The van der Waals surface area contributed by atoms with Crippen molar-refractivity contribution < 1.29 is 18.0 Å². The van der Waals surface area contributed by atoms with Gasteiger partial charge in [0.2, 0.25) is 21.8 Å². The molecule has 1 aliphatic carbocycles. The van der Waals surface area contributed by atoms with Crippen LogP contribution < -0.4 is 9.62 Å². The van der Waals surface area contributed by atoms with Crippen molar-refractivity contribution in [1.82, 2.24) is 10.2 Å². The molecule has 1 saturated carbocycles. The van der Waals surface area contributed by atoms with Crippen LogP contribution in [0.4, 0.5) is 5.69 Å². The van der Waals surface area contributed by atoms with Gasteiger partial charge in [0.1, 0.15) is 6.04 Å². The second kappa shape index (κ2) is 14.5. The summed E-state index contributed by atoms with van der Waals surface area (Å²) < 4.78 is 26.7. The van der Waals surface area contributed by atoms with E-state index in [0.717, 1.165) is 47.9 Å². The Balaban J connectivity index is 1.59. The maximum absolute atomic E-state index is 14.0. The highest BCUT2D eigenvalue weighted by atomic mass is 32.2. The number of anilines is 1. The van der Waals surface area contributed by atoms with Gasteiger partial charge in [-0.1, -0.05) is 79.6 Å². The number of hydrogen-bond donors (Lipinski definition) is 1. The van der Waals surface area contributed by atoms with Gasteiger partial charge >= 0.3 is 0 Å². The molecule has 42 heavy (non-hydrogen) atoms. The largest absolute Gasteiger partial charge is 0.352 e. The molecule has 1 unspecified atom stereocenters. The summed E-state index contributed by atoms with van der Waals surface area (Å²) in [5.41, 5.74) is 4.55. The molecule has 1 atom stereocenters. The first kappa shape index (κ1) is 31.3. The molecule has 1 N–H and O–H groups in total. The van der Waals surface area contributed by atoms with Gasteiger partial charge in [0.05, 0.1) is 11.9 Å². The van der Waals surface area contributed by atoms with Crippen LogP contribution in [0.15, 0.2) is 78.9 Å². The predicted molar refractivity (Wildman–Crippen MR) is 169 cm³/mol. The lowest BCUT2D eigenvalue weighted by atomic mass is 10.0. The van der Waals surface area contributed by atoms with Crippen LogP contribution in [0.2, 0.25) is 0 Å². The van der Waals surface area contributed by atoms with Crippen molar-refractivity contribution in [3.05, 3.63) is 101 Å². The number of carbonyl (C=O) groups excluding carboxylic acids is 2. The molecule has 3 aromatic rings. The number of sulfonamides is 1. The summed E-state index contributed by atoms with van der Waals surface area (Å²) >= 11 is 0. The number of nitrogens with one attached hydrogen (secondary N) is 1. The van der Waals surface area contributed by atoms with E-state index in [-0.39, 0.29) is 30.8 Å². The predicted octanol–water partition coefficient (Wildman–Crippen LogP) is 5.55. The third kappa shape index (κ3) is 8.68. The Kier molecular flexibility index (Phi) is 10.8. The van der Waals surface area contributed by atoms with Crippen molar-refractivity contribution in [2.75, 3.05) is 17.1 Å². The number of nitrogens with zero attached hydrogens (tertiary/aromatic N) is 2. The lowest BCUT2D eigenvalue weighted by molar-refractivity contribution is -0.141. The minimum atomic E-state index is -3.55. The average molecular weight is 590 g/mol. The number of benzene rings is 3. The number of amides is 2. The monoisotopic (exact) mass is 589 g/mol. The Morgan fingerprint density at radius 3 is 2.29 bits per heavy atom. The maximum atomic E-state index is 14.0. The highest BCUT2D eigenvalue weighted by Crippen LogP contribution is 2.23. The molecule has 0 radical (unpaired) electrons. The molecule has 0 aromatic heterocycles. The van der Waals surface area contributed by atoms with Crippen LogP contribution in [0, 0.1) is 13.8 Å². The van der Waals surface area contributed by atoms with E-state index >= 15 is 0 Å². The van der Waals surface area contributed by atoms with E-state index in [4.69, 9.17) is 0 Å². The van der Waals surface area contributed by atoms with Crippen LogP contribution in [-0.4, -0.2) is 50.0 Å². The van der Waals surface area contributed by atoms with E-state index in [0.29, 0.717) is 25.1 Å². The van der Waals surface area contributed by atoms with Gasteiger partial charge in [0.25, 0.3) is 0 Å². The zero-order valence-corrected chi connectivity index (χ0v) is 25.8. The fourth-order valence-electron chi connectivity index (χ4n) is 5.68. The average Bonchev–Trinajstić information content (AvgIpc) is 3.46. The smallest absolute Gasteiger partial charge is 0.243 e. The van der Waals surface area contributed by atoms with E-state index in [1.54, 1.807) is 11.0 Å². The summed E-state index contributed by atoms with van der Waals surface area (Å²) in [4.78, 5) is 29.6. The van der Waals surface area contributed by atoms with E-state index in [2.05, 4.69) is 5.32 Å². The molecule has 0 spiro atoms. The molecular weight excluding hydrogens is 546 g/mol. The zero-order chi connectivity index (χ0) is 30.1. The normalized spacial score (nSPS) is 14.4. The van der Waals surface area contributed by atoms with Gasteiger partial charge in [0, 0.05) is 32.0 Å². The molecule has 0 heterocycles. The first-order valence-electron chi connectivity index (χ1n) is 14.8. The Morgan fingerprint density at radius 1 is 0.929 bits per heavy atom. The molecule has 0 bridgehead atoms. The zero-order valence-electron chi connectivity index (χ0n) is 25.0. The summed E-state index contributed by atoms with van der Waals surface area (Å²) in [5, 5.41) is 3.24. The van der Waals surface area contributed by atoms with Gasteiger partial charge in [-0.2, -0.15) is 0 Å². The van der Waals surface area contributed by atoms with Crippen LogP contribution in [0.3, 0.4) is 0 Å². The Labute approximate surface area is 251 Å². The molecule has 1 aliphatic rings. The number of hydrogen-bond acceptors (Lipinski definition) is 4. The molecule has 0 aliphatic heterocycles. The van der Waals surface area contributed by atoms with Crippen LogP contribution in [0.1, 0.15) is 60.8 Å². The fourth-order valence-corrected chi connectivity index (χ4v) is 6.64. The lowest BCUT2D eigenvalue weighted by Gasteiger charge is -2.33. The van der Waals surface area contributed by atoms with Crippen LogP contribution >= 0.6 is 0 Å². The topological polar surface area (TPSA) is 86.8 Å². The third-order valence-corrected chi connectivity index (χ3v) is 9.21. The fraction of sp³-hybridized carbons (Fsp3) is 0.412. The minimum absolute atomic E-state index is 0.117. The van der Waals surface area contributed by atoms with Crippen molar-refractivity contribution in [2.45, 2.75) is 77.4 Å². The van der Waals surface area contributed by atoms with Crippen molar-refractivity contribution in [3.8, 4) is 0 Å². The van der Waals surface area contributed by atoms with Gasteiger partial charge in [0.15, 0.2) is 0 Å². The number of rotatable bonds is 13. The van der Waals surface area contributed by atoms with Crippen molar-refractivity contribution in [1.29, 1.82) is 0 Å². The molecule has 2 amide bonds. The molecule has 224 valence electrons. The third-order valence-electron chi connectivity index (χ3n) is 8.02. The Morgan fingerprint density at radius 2 is 1.62 bits per heavy atom. The van der Waals surface area contributed by atoms with Crippen LogP contribution in [0.5, 0.6) is 0 Å². The van der Waals surface area contributed by atoms with Crippen LogP contribution in [-0.2, 0) is 32.6 Å². The first-order chi connectivity index (χ1) is 20.1. The first-order valence-corrected chi connectivity index (χ1v) is 16.7. The van der Waals surface area contributed by atoms with Gasteiger partial charge < -0.3 is 10.2 Å². The highest BCUT2D eigenvalue weighted by Gasteiger charge is 2.32. The summed E-state index contributed by atoms with van der Waals surface area (Å²) in [6.07, 6.45) is 6.13. The Bertz CT molecular complexity index is 1450. The van der Waals surface area contributed by atoms with Crippen molar-refractivity contribution >= 4 is 27.5 Å². The van der Waals surface area contributed by atoms with Crippen LogP contribution in [0.25, 0.3) is 0 Å². The molecule has 1 fully saturated rings. The SMILES string of the molecule is Cc1cccc(N(CCCC(=O)N(Cc2ccccc2C)C(Cc2ccccc2)C(=O)NC2CCCC2)S(C)(=O)=O)c1. The maximum Gasteiger partial charge on any atom is 0.243 e. The van der Waals surface area contributed by atoms with Gasteiger partial charge in [-0.3, -0.25) is 13.9 Å². The summed E-state index contributed by atoms with van der Waals surface area (Å²) in [6, 6.07) is 24.5. The Hall–Kier alpha value is -3.65.